The molecule has 1 aliphatic heterocycles. The fourth-order valence-corrected chi connectivity index (χ4v) is 3.15. The second-order valence-corrected chi connectivity index (χ2v) is 7.56. The largest absolute Gasteiger partial charge is 0.465 e. The normalized spacial score (nSPS) is 16.9. The lowest BCUT2D eigenvalue weighted by molar-refractivity contribution is -0.152. The second kappa shape index (κ2) is 9.80. The van der Waals surface area contributed by atoms with E-state index in [1.807, 2.05) is 13.8 Å². The van der Waals surface area contributed by atoms with E-state index in [1.54, 1.807) is 18.2 Å². The zero-order valence-corrected chi connectivity index (χ0v) is 16.8. The van der Waals surface area contributed by atoms with Gasteiger partial charge < -0.3 is 20.3 Å². The van der Waals surface area contributed by atoms with Gasteiger partial charge in [0.2, 0.25) is 11.8 Å². The van der Waals surface area contributed by atoms with E-state index in [1.165, 1.54) is 4.90 Å². The third-order valence-electron chi connectivity index (χ3n) is 3.90. The number of nitrogens with zero attached hydrogens (tertiary/aromatic N) is 1. The van der Waals surface area contributed by atoms with Crippen molar-refractivity contribution in [2.75, 3.05) is 31.6 Å². The van der Waals surface area contributed by atoms with E-state index in [9.17, 15) is 14.4 Å². The molecule has 27 heavy (non-hydrogen) atoms. The molecule has 0 radical (unpaired) electrons. The molecule has 2 N–H and O–H groups in total. The van der Waals surface area contributed by atoms with Crippen molar-refractivity contribution in [1.29, 1.82) is 0 Å². The number of nitrogens with one attached hydrogen (secondary N) is 2. The summed E-state index contributed by atoms with van der Waals surface area (Å²) in [4.78, 5) is 38.2. The van der Waals surface area contributed by atoms with Crippen molar-refractivity contribution < 1.29 is 19.1 Å². The zero-order chi connectivity index (χ0) is 20.0. The minimum absolute atomic E-state index is 0.0541. The molecule has 9 heteroatoms. The summed E-state index contributed by atoms with van der Waals surface area (Å²) in [6.45, 7) is 4.73. The summed E-state index contributed by atoms with van der Waals surface area (Å²) in [5.41, 5.74) is 0.593. The molecule has 1 unspecified atom stereocenters. The highest BCUT2D eigenvalue weighted by Crippen LogP contribution is 2.22. The number of esters is 1. The lowest BCUT2D eigenvalue weighted by Gasteiger charge is -2.34. The van der Waals surface area contributed by atoms with Crippen LogP contribution in [-0.2, 0) is 19.1 Å². The van der Waals surface area contributed by atoms with Gasteiger partial charge in [-0.15, -0.1) is 0 Å². The minimum Gasteiger partial charge on any atom is -0.465 e. The average molecular weight is 416 g/mol. The van der Waals surface area contributed by atoms with Gasteiger partial charge in [-0.1, -0.05) is 37.0 Å². The fourth-order valence-electron chi connectivity index (χ4n) is 2.63. The number of ether oxygens (including phenoxy) is 1. The van der Waals surface area contributed by atoms with Crippen LogP contribution in [0, 0.1) is 5.92 Å². The molecule has 2 rings (SSSR count). The molecule has 1 aromatic carbocycles. The summed E-state index contributed by atoms with van der Waals surface area (Å²) in [5, 5.41) is 6.51. The van der Waals surface area contributed by atoms with Gasteiger partial charge in [0.05, 0.1) is 19.6 Å². The van der Waals surface area contributed by atoms with Crippen LogP contribution in [-0.4, -0.2) is 55.0 Å². The quantitative estimate of drug-likeness (QED) is 0.667. The first-order chi connectivity index (χ1) is 12.8. The molecule has 0 spiro atoms. The zero-order valence-electron chi connectivity index (χ0n) is 15.3. The minimum atomic E-state index is -0.879. The van der Waals surface area contributed by atoms with Crippen molar-refractivity contribution >= 4 is 46.7 Å². The lowest BCUT2D eigenvalue weighted by atomic mass is 10.1. The third kappa shape index (κ3) is 6.59. The van der Waals surface area contributed by atoms with E-state index in [2.05, 4.69) is 10.6 Å². The topological polar surface area (TPSA) is 87.7 Å². The monoisotopic (exact) mass is 415 g/mol. The van der Waals surface area contributed by atoms with Gasteiger partial charge in [0.15, 0.2) is 0 Å². The smallest absolute Gasteiger partial charge is 0.308 e. The number of rotatable bonds is 7. The van der Waals surface area contributed by atoms with Gasteiger partial charge in [0.25, 0.3) is 0 Å². The summed E-state index contributed by atoms with van der Waals surface area (Å²) in [7, 11) is 0. The standard InChI is InChI=1S/C18H23Cl2N3O4/c1-11(2)10-27-17(25)8-15-18(26)21-3-4-23(15)16(24)9-22-14-6-12(19)5-13(20)7-14/h5-7,11,15,22H,3-4,8-10H2,1-2H3,(H,21,26). The maximum absolute atomic E-state index is 12.6. The number of hydrogen-bond donors (Lipinski definition) is 2. The number of carbonyl (C=O) groups is 3. The Bertz CT molecular complexity index is 692. The second-order valence-electron chi connectivity index (χ2n) is 6.69. The number of carbonyl (C=O) groups excluding carboxylic acids is 3. The van der Waals surface area contributed by atoms with Crippen LogP contribution in [0.3, 0.4) is 0 Å². The fraction of sp³-hybridized carbons (Fsp3) is 0.500. The Balaban J connectivity index is 1.98. The van der Waals surface area contributed by atoms with Crippen LogP contribution in [0.25, 0.3) is 0 Å². The van der Waals surface area contributed by atoms with Crippen molar-refractivity contribution in [2.45, 2.75) is 26.3 Å². The number of amides is 2. The lowest BCUT2D eigenvalue weighted by Crippen LogP contribution is -2.58. The van der Waals surface area contributed by atoms with Crippen LogP contribution < -0.4 is 10.6 Å². The Morgan fingerprint density at radius 2 is 1.96 bits per heavy atom. The number of hydrogen-bond acceptors (Lipinski definition) is 5. The molecular weight excluding hydrogens is 393 g/mol. The Morgan fingerprint density at radius 3 is 2.59 bits per heavy atom. The van der Waals surface area contributed by atoms with E-state index in [0.717, 1.165) is 0 Å². The highest BCUT2D eigenvalue weighted by atomic mass is 35.5. The number of anilines is 1. The van der Waals surface area contributed by atoms with Gasteiger partial charge in [-0.25, -0.2) is 0 Å². The van der Waals surface area contributed by atoms with E-state index >= 15 is 0 Å². The van der Waals surface area contributed by atoms with Gasteiger partial charge in [0, 0.05) is 28.8 Å². The van der Waals surface area contributed by atoms with Gasteiger partial charge in [-0.3, -0.25) is 14.4 Å². The van der Waals surface area contributed by atoms with E-state index < -0.39 is 12.0 Å². The molecule has 0 aromatic heterocycles. The van der Waals surface area contributed by atoms with Crippen LogP contribution >= 0.6 is 23.2 Å². The SMILES string of the molecule is CC(C)COC(=O)CC1C(=O)NCCN1C(=O)CNc1cc(Cl)cc(Cl)c1. The molecule has 1 saturated heterocycles. The average Bonchev–Trinajstić information content (AvgIpc) is 2.59. The molecule has 1 aliphatic rings. The van der Waals surface area contributed by atoms with Gasteiger partial charge >= 0.3 is 5.97 Å². The maximum atomic E-state index is 12.6. The van der Waals surface area contributed by atoms with Crippen molar-refractivity contribution in [3.05, 3.63) is 28.2 Å². The van der Waals surface area contributed by atoms with Crippen molar-refractivity contribution in [2.24, 2.45) is 5.92 Å². The number of benzene rings is 1. The molecule has 0 aliphatic carbocycles. The molecule has 1 atom stereocenters. The van der Waals surface area contributed by atoms with Crippen molar-refractivity contribution in [3.8, 4) is 0 Å². The van der Waals surface area contributed by atoms with Crippen LogP contribution in [0.2, 0.25) is 10.0 Å². The van der Waals surface area contributed by atoms with Gasteiger partial charge in [-0.05, 0) is 24.1 Å². The number of halogens is 2. The molecule has 0 saturated carbocycles. The highest BCUT2D eigenvalue weighted by Gasteiger charge is 2.35. The Kier molecular flexibility index (Phi) is 7.74. The first-order valence-electron chi connectivity index (χ1n) is 8.69. The first-order valence-corrected chi connectivity index (χ1v) is 9.44. The summed E-state index contributed by atoms with van der Waals surface area (Å²) >= 11 is 11.9. The molecular formula is C18H23Cl2N3O4. The van der Waals surface area contributed by atoms with Crippen molar-refractivity contribution in [3.63, 3.8) is 0 Å². The van der Waals surface area contributed by atoms with E-state index in [-0.39, 0.29) is 37.3 Å². The first kappa shape index (κ1) is 21.3. The predicted octanol–water partition coefficient (Wildman–Crippen LogP) is 2.32. The van der Waals surface area contributed by atoms with Crippen molar-refractivity contribution in [1.82, 2.24) is 10.2 Å². The molecule has 0 bridgehead atoms. The summed E-state index contributed by atoms with van der Waals surface area (Å²) < 4.78 is 5.14. The Hall–Kier alpha value is -1.99. The number of piperazine rings is 1. The van der Waals surface area contributed by atoms with E-state index in [4.69, 9.17) is 27.9 Å². The van der Waals surface area contributed by atoms with Gasteiger partial charge in [-0.2, -0.15) is 0 Å². The summed E-state index contributed by atoms with van der Waals surface area (Å²) in [6, 6.07) is 3.99. The van der Waals surface area contributed by atoms with Gasteiger partial charge in [0.1, 0.15) is 6.04 Å². The molecule has 7 nitrogen and oxygen atoms in total. The predicted molar refractivity (Wildman–Crippen MR) is 104 cm³/mol. The summed E-state index contributed by atoms with van der Waals surface area (Å²) in [5.74, 6) is -0.969. The molecule has 2 amide bonds. The van der Waals surface area contributed by atoms with Crippen LogP contribution in [0.15, 0.2) is 18.2 Å². The maximum Gasteiger partial charge on any atom is 0.308 e. The Labute approximate surface area is 168 Å². The van der Waals surface area contributed by atoms with Crippen LogP contribution in [0.4, 0.5) is 5.69 Å². The van der Waals surface area contributed by atoms with Crippen LogP contribution in [0.1, 0.15) is 20.3 Å². The molecule has 1 heterocycles. The highest BCUT2D eigenvalue weighted by molar-refractivity contribution is 6.35. The Morgan fingerprint density at radius 1 is 1.30 bits per heavy atom. The third-order valence-corrected chi connectivity index (χ3v) is 4.33. The molecule has 148 valence electrons. The molecule has 1 aromatic rings. The van der Waals surface area contributed by atoms with E-state index in [0.29, 0.717) is 28.8 Å². The summed E-state index contributed by atoms with van der Waals surface area (Å²) in [6.07, 6.45) is -0.173. The molecule has 1 fully saturated rings. The van der Waals surface area contributed by atoms with Crippen LogP contribution in [0.5, 0.6) is 0 Å².